The molecule has 1 aliphatic rings. The highest BCUT2D eigenvalue weighted by Crippen LogP contribution is 2.13. The van der Waals surface area contributed by atoms with Crippen molar-refractivity contribution in [2.75, 3.05) is 24.7 Å². The van der Waals surface area contributed by atoms with Crippen LogP contribution in [0, 0.1) is 0 Å². The van der Waals surface area contributed by atoms with E-state index in [9.17, 15) is 4.79 Å². The molecule has 2 rings (SSSR count). The van der Waals surface area contributed by atoms with Crippen LogP contribution >= 0.6 is 0 Å². The van der Waals surface area contributed by atoms with E-state index in [2.05, 4.69) is 20.6 Å². The first-order valence-electron chi connectivity index (χ1n) is 5.85. The minimum atomic E-state index is -0.261. The maximum Gasteiger partial charge on any atom is 0.242 e. The first-order valence-corrected chi connectivity index (χ1v) is 5.85. The van der Waals surface area contributed by atoms with Crippen molar-refractivity contribution in [2.24, 2.45) is 0 Å². The van der Waals surface area contributed by atoms with Gasteiger partial charge in [0.2, 0.25) is 5.91 Å². The normalized spacial score (nSPS) is 19.4. The number of nitrogens with two attached hydrogens (primary N) is 1. The Labute approximate surface area is 105 Å². The fourth-order valence-corrected chi connectivity index (χ4v) is 1.87. The molecule has 0 spiro atoms. The second kappa shape index (κ2) is 5.63. The van der Waals surface area contributed by atoms with Crippen LogP contribution in [0.1, 0.15) is 18.7 Å². The Morgan fingerprint density at radius 2 is 2.44 bits per heavy atom. The van der Waals surface area contributed by atoms with Crippen molar-refractivity contribution in [3.05, 3.63) is 11.9 Å². The molecule has 0 bridgehead atoms. The molecule has 98 valence electrons. The zero-order valence-corrected chi connectivity index (χ0v) is 10.3. The Balaban J connectivity index is 2.10. The molecule has 0 radical (unpaired) electrons. The van der Waals surface area contributed by atoms with E-state index in [1.54, 1.807) is 13.2 Å². The van der Waals surface area contributed by atoms with E-state index in [-0.39, 0.29) is 18.6 Å². The van der Waals surface area contributed by atoms with Gasteiger partial charge in [-0.15, -0.1) is 0 Å². The number of carbonyl (C=O) groups is 1. The quantitative estimate of drug-likeness (QED) is 0.690. The summed E-state index contributed by atoms with van der Waals surface area (Å²) in [6.45, 7) is 1.02. The van der Waals surface area contributed by atoms with E-state index in [0.717, 1.165) is 19.4 Å². The molecule has 1 aliphatic heterocycles. The first kappa shape index (κ1) is 12.6. The molecule has 1 fully saturated rings. The van der Waals surface area contributed by atoms with Crippen LogP contribution in [0.5, 0.6) is 0 Å². The van der Waals surface area contributed by atoms with Crippen molar-refractivity contribution in [2.45, 2.75) is 25.5 Å². The van der Waals surface area contributed by atoms with Crippen molar-refractivity contribution in [1.82, 2.24) is 15.3 Å². The predicted molar refractivity (Wildman–Crippen MR) is 66.8 cm³/mol. The molecule has 1 atom stereocenters. The van der Waals surface area contributed by atoms with Crippen LogP contribution in [0.3, 0.4) is 0 Å². The number of ether oxygens (including phenoxy) is 1. The first-order chi connectivity index (χ1) is 8.69. The highest BCUT2D eigenvalue weighted by atomic mass is 16.5. The number of hydrogen-bond donors (Lipinski definition) is 3. The van der Waals surface area contributed by atoms with Crippen molar-refractivity contribution < 1.29 is 9.53 Å². The van der Waals surface area contributed by atoms with Crippen molar-refractivity contribution in [3.8, 4) is 0 Å². The van der Waals surface area contributed by atoms with Gasteiger partial charge in [-0.1, -0.05) is 0 Å². The van der Waals surface area contributed by atoms with Crippen molar-refractivity contribution in [3.63, 3.8) is 0 Å². The number of hydrogen-bond acceptors (Lipinski definition) is 6. The van der Waals surface area contributed by atoms with Gasteiger partial charge in [-0.25, -0.2) is 9.97 Å². The summed E-state index contributed by atoms with van der Waals surface area (Å²) in [5.74, 6) is 1.40. The summed E-state index contributed by atoms with van der Waals surface area (Å²) in [6, 6.07) is 1.35. The average molecular weight is 251 g/mol. The SMILES string of the molecule is COCc1nc(N)cc(NC2CCCNC2=O)n1. The lowest BCUT2D eigenvalue weighted by molar-refractivity contribution is -0.123. The number of methoxy groups -OCH3 is 1. The van der Waals surface area contributed by atoms with E-state index in [4.69, 9.17) is 10.5 Å². The molecule has 0 aromatic carbocycles. The summed E-state index contributed by atoms with van der Waals surface area (Å²) in [5.41, 5.74) is 5.68. The molecule has 1 amide bonds. The molecular weight excluding hydrogens is 234 g/mol. The van der Waals surface area contributed by atoms with Crippen LogP contribution < -0.4 is 16.4 Å². The third-order valence-electron chi connectivity index (χ3n) is 2.67. The topological polar surface area (TPSA) is 102 Å². The van der Waals surface area contributed by atoms with Crippen LogP contribution in [-0.2, 0) is 16.1 Å². The number of rotatable bonds is 4. The lowest BCUT2D eigenvalue weighted by Crippen LogP contribution is -2.44. The number of carbonyl (C=O) groups excluding carboxylic acids is 1. The monoisotopic (exact) mass is 251 g/mol. The van der Waals surface area contributed by atoms with Gasteiger partial charge in [0.15, 0.2) is 5.82 Å². The van der Waals surface area contributed by atoms with E-state index >= 15 is 0 Å². The molecule has 1 saturated heterocycles. The predicted octanol–water partition coefficient (Wildman–Crippen LogP) is -0.104. The summed E-state index contributed by atoms with van der Waals surface area (Å²) in [4.78, 5) is 19.9. The van der Waals surface area contributed by atoms with Crippen LogP contribution in [-0.4, -0.2) is 35.6 Å². The molecule has 1 aromatic rings. The maximum absolute atomic E-state index is 11.6. The van der Waals surface area contributed by atoms with E-state index in [0.29, 0.717) is 17.5 Å². The Morgan fingerprint density at radius 3 is 3.17 bits per heavy atom. The molecule has 7 nitrogen and oxygen atoms in total. The molecule has 1 aromatic heterocycles. The maximum atomic E-state index is 11.6. The van der Waals surface area contributed by atoms with E-state index < -0.39 is 0 Å². The summed E-state index contributed by atoms with van der Waals surface area (Å²) >= 11 is 0. The lowest BCUT2D eigenvalue weighted by atomic mass is 10.1. The number of piperidine rings is 1. The van der Waals surface area contributed by atoms with Gasteiger partial charge < -0.3 is 21.1 Å². The fraction of sp³-hybridized carbons (Fsp3) is 0.545. The van der Waals surface area contributed by atoms with Gasteiger partial charge in [0.05, 0.1) is 0 Å². The van der Waals surface area contributed by atoms with Gasteiger partial charge in [-0.2, -0.15) is 0 Å². The zero-order chi connectivity index (χ0) is 13.0. The van der Waals surface area contributed by atoms with Crippen LogP contribution in [0.25, 0.3) is 0 Å². The Kier molecular flexibility index (Phi) is 3.93. The van der Waals surface area contributed by atoms with Gasteiger partial charge in [-0.3, -0.25) is 4.79 Å². The Hall–Kier alpha value is -1.89. The Bertz CT molecular complexity index is 437. The number of aromatic nitrogens is 2. The molecule has 0 saturated carbocycles. The average Bonchev–Trinajstić information content (AvgIpc) is 2.32. The van der Waals surface area contributed by atoms with Crippen LogP contribution in [0.2, 0.25) is 0 Å². The number of nitrogens with zero attached hydrogens (tertiary/aromatic N) is 2. The van der Waals surface area contributed by atoms with Crippen molar-refractivity contribution >= 4 is 17.5 Å². The van der Waals surface area contributed by atoms with Gasteiger partial charge >= 0.3 is 0 Å². The van der Waals surface area contributed by atoms with E-state index in [1.165, 1.54) is 0 Å². The molecule has 2 heterocycles. The van der Waals surface area contributed by atoms with E-state index in [1.807, 2.05) is 0 Å². The molecule has 7 heteroatoms. The number of anilines is 2. The van der Waals surface area contributed by atoms with Crippen LogP contribution in [0.15, 0.2) is 6.07 Å². The van der Waals surface area contributed by atoms with Crippen molar-refractivity contribution in [1.29, 1.82) is 0 Å². The number of nitrogens with one attached hydrogen (secondary N) is 2. The number of nitrogen functional groups attached to an aromatic ring is 1. The van der Waals surface area contributed by atoms with Gasteiger partial charge in [-0.05, 0) is 12.8 Å². The molecule has 1 unspecified atom stereocenters. The summed E-state index contributed by atoms with van der Waals surface area (Å²) in [7, 11) is 1.56. The summed E-state index contributed by atoms with van der Waals surface area (Å²) in [5, 5.41) is 5.88. The lowest BCUT2D eigenvalue weighted by Gasteiger charge is -2.23. The molecule has 18 heavy (non-hydrogen) atoms. The van der Waals surface area contributed by atoms with Crippen LogP contribution in [0.4, 0.5) is 11.6 Å². The third-order valence-corrected chi connectivity index (χ3v) is 2.67. The third kappa shape index (κ3) is 3.07. The minimum absolute atomic E-state index is 0.00766. The number of amides is 1. The second-order valence-corrected chi connectivity index (χ2v) is 4.16. The standard InChI is InChI=1S/C11H17N5O2/c1-18-6-10-15-8(12)5-9(16-10)14-7-3-2-4-13-11(7)17/h5,7H,2-4,6H2,1H3,(H,13,17)(H3,12,14,15,16). The molecule has 4 N–H and O–H groups in total. The van der Waals surface area contributed by atoms with Gasteiger partial charge in [0.1, 0.15) is 24.3 Å². The summed E-state index contributed by atoms with van der Waals surface area (Å²) < 4.78 is 4.96. The highest BCUT2D eigenvalue weighted by Gasteiger charge is 2.22. The molecular formula is C11H17N5O2. The smallest absolute Gasteiger partial charge is 0.242 e. The fourth-order valence-electron chi connectivity index (χ4n) is 1.87. The highest BCUT2D eigenvalue weighted by molar-refractivity contribution is 5.85. The molecule has 0 aliphatic carbocycles. The second-order valence-electron chi connectivity index (χ2n) is 4.16. The minimum Gasteiger partial charge on any atom is -0.384 e. The van der Waals surface area contributed by atoms with Gasteiger partial charge in [0.25, 0.3) is 0 Å². The van der Waals surface area contributed by atoms with Gasteiger partial charge in [0, 0.05) is 19.7 Å². The Morgan fingerprint density at radius 1 is 1.61 bits per heavy atom. The largest absolute Gasteiger partial charge is 0.384 e. The summed E-state index contributed by atoms with van der Waals surface area (Å²) in [6.07, 6.45) is 1.74. The zero-order valence-electron chi connectivity index (χ0n) is 10.3.